The van der Waals surface area contributed by atoms with E-state index in [1.54, 1.807) is 0 Å². The Hall–Kier alpha value is 0.220. The van der Waals surface area contributed by atoms with E-state index in [4.69, 9.17) is 0 Å². The molecule has 1 N–H and O–H groups in total. The number of rotatable bonds is 5. The summed E-state index contributed by atoms with van der Waals surface area (Å²) < 4.78 is 1.22. The van der Waals surface area contributed by atoms with Gasteiger partial charge in [0.2, 0.25) is 0 Å². The predicted molar refractivity (Wildman–Crippen MR) is 74.2 cm³/mol. The molecule has 84 valence electrons. The van der Waals surface area contributed by atoms with Gasteiger partial charge in [-0.25, -0.2) is 0 Å². The van der Waals surface area contributed by atoms with Gasteiger partial charge < -0.3 is 10.0 Å². The van der Waals surface area contributed by atoms with Gasteiger partial charge in [0.15, 0.2) is 0 Å². The monoisotopic (exact) mass is 337 g/mol. The van der Waals surface area contributed by atoms with Gasteiger partial charge in [0.1, 0.15) is 5.44 Å². The Morgan fingerprint density at radius 3 is 2.47 bits per heavy atom. The summed E-state index contributed by atoms with van der Waals surface area (Å²) in [4.78, 5) is 3.21. The van der Waals surface area contributed by atoms with Crippen molar-refractivity contribution in [2.75, 3.05) is 20.6 Å². The third-order valence-corrected chi connectivity index (χ3v) is 3.68. The van der Waals surface area contributed by atoms with Crippen molar-refractivity contribution < 1.29 is 5.11 Å². The number of thioether (sulfide) groups is 1. The van der Waals surface area contributed by atoms with Crippen LogP contribution in [0.25, 0.3) is 0 Å². The van der Waals surface area contributed by atoms with E-state index in [0.717, 1.165) is 17.9 Å². The Balaban J connectivity index is 2.37. The second-order valence-corrected chi connectivity index (χ2v) is 6.12. The molecule has 0 amide bonds. The highest BCUT2D eigenvalue weighted by atomic mass is 127. The summed E-state index contributed by atoms with van der Waals surface area (Å²) >= 11 is 3.80. The molecule has 4 heteroatoms. The normalized spacial score (nSPS) is 13.1. The second-order valence-electron chi connectivity index (χ2n) is 3.62. The highest BCUT2D eigenvalue weighted by Crippen LogP contribution is 2.24. The van der Waals surface area contributed by atoms with Crippen LogP contribution in [0.3, 0.4) is 0 Å². The standard InChI is InChI=1S/C11H16INOS/c1-13(2)8-7-11(14)15-10-5-3-9(12)4-6-10/h3-6,11,14H,7-8H2,1-2H3. The molecule has 0 aliphatic rings. The number of aliphatic hydroxyl groups excluding tert-OH is 1. The maximum Gasteiger partial charge on any atom is 0.105 e. The number of hydrogen-bond donors (Lipinski definition) is 1. The zero-order valence-electron chi connectivity index (χ0n) is 8.98. The highest BCUT2D eigenvalue weighted by molar-refractivity contribution is 14.1. The van der Waals surface area contributed by atoms with Gasteiger partial charge in [0.25, 0.3) is 0 Å². The molecule has 0 bridgehead atoms. The van der Waals surface area contributed by atoms with E-state index in [2.05, 4.69) is 39.6 Å². The molecule has 0 radical (unpaired) electrons. The van der Waals surface area contributed by atoms with Crippen molar-refractivity contribution in [1.82, 2.24) is 4.90 Å². The lowest BCUT2D eigenvalue weighted by Gasteiger charge is -2.13. The van der Waals surface area contributed by atoms with Crippen molar-refractivity contribution in [3.05, 3.63) is 27.8 Å². The summed E-state index contributed by atoms with van der Waals surface area (Å²) in [7, 11) is 4.03. The number of nitrogens with zero attached hydrogens (tertiary/aromatic N) is 1. The summed E-state index contributed by atoms with van der Waals surface area (Å²) in [5.74, 6) is 0. The lowest BCUT2D eigenvalue weighted by molar-refractivity contribution is 0.232. The van der Waals surface area contributed by atoms with Crippen molar-refractivity contribution in [3.63, 3.8) is 0 Å². The third kappa shape index (κ3) is 5.75. The summed E-state index contributed by atoms with van der Waals surface area (Å²) in [6.07, 6.45) is 0.795. The average Bonchev–Trinajstić information content (AvgIpc) is 2.19. The Labute approximate surface area is 109 Å². The van der Waals surface area contributed by atoms with Crippen LogP contribution in [0.2, 0.25) is 0 Å². The van der Waals surface area contributed by atoms with Crippen molar-refractivity contribution in [2.45, 2.75) is 16.8 Å². The zero-order valence-corrected chi connectivity index (χ0v) is 12.0. The summed E-state index contributed by atoms with van der Waals surface area (Å²) in [5, 5.41) is 9.76. The first-order valence-electron chi connectivity index (χ1n) is 4.83. The predicted octanol–water partition coefficient (Wildman–Crippen LogP) is 2.65. The van der Waals surface area contributed by atoms with E-state index in [1.165, 1.54) is 15.3 Å². The van der Waals surface area contributed by atoms with Gasteiger partial charge in [0.05, 0.1) is 0 Å². The van der Waals surface area contributed by atoms with E-state index in [1.807, 2.05) is 26.2 Å². The molecule has 0 saturated carbocycles. The minimum Gasteiger partial charge on any atom is -0.382 e. The molecule has 1 aromatic rings. The molecular formula is C11H16INOS. The van der Waals surface area contributed by atoms with E-state index in [-0.39, 0.29) is 5.44 Å². The molecule has 1 aromatic carbocycles. The van der Waals surface area contributed by atoms with E-state index >= 15 is 0 Å². The molecule has 0 spiro atoms. The number of halogens is 1. The Morgan fingerprint density at radius 1 is 1.33 bits per heavy atom. The molecule has 1 unspecified atom stereocenters. The fourth-order valence-electron chi connectivity index (χ4n) is 1.10. The Bertz CT molecular complexity index is 289. The van der Waals surface area contributed by atoms with Crippen LogP contribution in [0, 0.1) is 3.57 Å². The van der Waals surface area contributed by atoms with Gasteiger partial charge in [-0.2, -0.15) is 0 Å². The maximum absolute atomic E-state index is 9.76. The molecule has 2 nitrogen and oxygen atoms in total. The fourth-order valence-corrected chi connectivity index (χ4v) is 2.29. The minimum absolute atomic E-state index is 0.313. The second kappa shape index (κ2) is 6.73. The van der Waals surface area contributed by atoms with Crippen molar-refractivity contribution >= 4 is 34.4 Å². The first kappa shape index (κ1) is 13.3. The van der Waals surface area contributed by atoms with Gasteiger partial charge in [-0.05, 0) is 67.4 Å². The maximum atomic E-state index is 9.76. The van der Waals surface area contributed by atoms with Crippen LogP contribution < -0.4 is 0 Å². The fraction of sp³-hybridized carbons (Fsp3) is 0.455. The van der Waals surface area contributed by atoms with Gasteiger partial charge in [-0.15, -0.1) is 0 Å². The SMILES string of the molecule is CN(C)CCC(O)Sc1ccc(I)cc1. The number of benzene rings is 1. The summed E-state index contributed by atoms with van der Waals surface area (Å²) in [6.45, 7) is 0.915. The third-order valence-electron chi connectivity index (χ3n) is 1.91. The van der Waals surface area contributed by atoms with Crippen LogP contribution in [0.15, 0.2) is 29.2 Å². The van der Waals surface area contributed by atoms with Crippen molar-refractivity contribution in [3.8, 4) is 0 Å². The van der Waals surface area contributed by atoms with Crippen molar-refractivity contribution in [2.24, 2.45) is 0 Å². The van der Waals surface area contributed by atoms with E-state index in [0.29, 0.717) is 0 Å². The summed E-state index contributed by atoms with van der Waals surface area (Å²) in [6, 6.07) is 8.21. The van der Waals surface area contributed by atoms with E-state index < -0.39 is 0 Å². The largest absolute Gasteiger partial charge is 0.382 e. The topological polar surface area (TPSA) is 23.5 Å². The smallest absolute Gasteiger partial charge is 0.105 e. The Kier molecular flexibility index (Phi) is 5.96. The highest BCUT2D eigenvalue weighted by Gasteiger charge is 2.06. The molecule has 0 heterocycles. The Morgan fingerprint density at radius 2 is 1.93 bits per heavy atom. The zero-order chi connectivity index (χ0) is 11.3. The molecule has 1 rings (SSSR count). The average molecular weight is 337 g/mol. The van der Waals surface area contributed by atoms with Crippen LogP contribution in [-0.2, 0) is 0 Å². The van der Waals surface area contributed by atoms with Crippen LogP contribution in [0.5, 0.6) is 0 Å². The quantitative estimate of drug-likeness (QED) is 0.508. The number of aliphatic hydroxyl groups is 1. The van der Waals surface area contributed by atoms with Gasteiger partial charge in [-0.3, -0.25) is 0 Å². The molecule has 15 heavy (non-hydrogen) atoms. The molecule has 1 atom stereocenters. The van der Waals surface area contributed by atoms with Gasteiger partial charge in [-0.1, -0.05) is 11.8 Å². The molecular weight excluding hydrogens is 321 g/mol. The lowest BCUT2D eigenvalue weighted by Crippen LogP contribution is -2.17. The summed E-state index contributed by atoms with van der Waals surface area (Å²) in [5.41, 5.74) is -0.313. The van der Waals surface area contributed by atoms with Crippen LogP contribution >= 0.6 is 34.4 Å². The number of hydrogen-bond acceptors (Lipinski definition) is 3. The van der Waals surface area contributed by atoms with Crippen LogP contribution in [0.4, 0.5) is 0 Å². The molecule has 0 aromatic heterocycles. The molecule has 0 saturated heterocycles. The van der Waals surface area contributed by atoms with Gasteiger partial charge >= 0.3 is 0 Å². The van der Waals surface area contributed by atoms with Crippen LogP contribution in [0.1, 0.15) is 6.42 Å². The first-order valence-corrected chi connectivity index (χ1v) is 6.79. The lowest BCUT2D eigenvalue weighted by atomic mass is 10.4. The van der Waals surface area contributed by atoms with Crippen LogP contribution in [-0.4, -0.2) is 36.1 Å². The van der Waals surface area contributed by atoms with Gasteiger partial charge in [0, 0.05) is 15.0 Å². The molecule has 0 fully saturated rings. The minimum atomic E-state index is -0.313. The first-order chi connectivity index (χ1) is 7.08. The van der Waals surface area contributed by atoms with E-state index in [9.17, 15) is 5.11 Å². The van der Waals surface area contributed by atoms with Crippen molar-refractivity contribution in [1.29, 1.82) is 0 Å². The molecule has 0 aliphatic heterocycles. The molecule has 0 aliphatic carbocycles.